The van der Waals surface area contributed by atoms with Gasteiger partial charge in [-0.1, -0.05) is 38.0 Å². The number of hydrogen-bond acceptors (Lipinski definition) is 4. The average molecular weight is 477 g/mol. The molecule has 0 radical (unpaired) electrons. The van der Waals surface area contributed by atoms with E-state index in [1.807, 2.05) is 30.3 Å². The summed E-state index contributed by atoms with van der Waals surface area (Å²) < 4.78 is 11.8. The number of rotatable bonds is 2. The number of ether oxygens (including phenoxy) is 2. The van der Waals surface area contributed by atoms with Crippen molar-refractivity contribution in [2.45, 2.75) is 97.2 Å². The maximum atomic E-state index is 12.3. The number of hydrogen-bond donors (Lipinski definition) is 0. The first kappa shape index (κ1) is 24.4. The molecule has 0 saturated heterocycles. The lowest BCUT2D eigenvalue weighted by Gasteiger charge is -2.61. The summed E-state index contributed by atoms with van der Waals surface area (Å²) in [5.41, 5.74) is 0.440. The molecule has 1 aromatic carbocycles. The van der Waals surface area contributed by atoms with Crippen molar-refractivity contribution in [3.63, 3.8) is 0 Å². The Hall–Kier alpha value is -2.28. The fourth-order valence-corrected chi connectivity index (χ4v) is 8.90. The van der Waals surface area contributed by atoms with Gasteiger partial charge in [0.1, 0.15) is 6.10 Å². The summed E-state index contributed by atoms with van der Waals surface area (Å²) >= 11 is 0. The summed E-state index contributed by atoms with van der Waals surface area (Å²) in [6.45, 7) is 7.94. The second-order valence-electron chi connectivity index (χ2n) is 12.2. The molecule has 1 aromatic rings. The van der Waals surface area contributed by atoms with Crippen molar-refractivity contribution in [1.29, 1.82) is 0 Å². The van der Waals surface area contributed by atoms with E-state index in [9.17, 15) is 9.59 Å². The Morgan fingerprint density at radius 1 is 0.886 bits per heavy atom. The van der Waals surface area contributed by atoms with Crippen LogP contribution in [0, 0.1) is 46.3 Å². The van der Waals surface area contributed by atoms with Crippen molar-refractivity contribution in [2.24, 2.45) is 34.5 Å². The zero-order valence-corrected chi connectivity index (χ0v) is 21.8. The Bertz CT molecular complexity index is 1040. The van der Waals surface area contributed by atoms with Crippen LogP contribution in [0.25, 0.3) is 0 Å². The smallest absolute Gasteiger partial charge is 0.304 e. The normalized spacial score (nSPS) is 41.9. The summed E-state index contributed by atoms with van der Waals surface area (Å²) in [6.07, 6.45) is 9.77. The summed E-state index contributed by atoms with van der Waals surface area (Å²) in [5, 5.41) is 0. The van der Waals surface area contributed by atoms with E-state index in [1.165, 1.54) is 33.1 Å². The predicted molar refractivity (Wildman–Crippen MR) is 135 cm³/mol. The minimum Gasteiger partial charge on any atom is -0.463 e. The standard InChI is InChI=1S/C31H40O4/c1-21(32)34-25-13-16-29(3)24(20-25)10-11-26-27(29)14-17-30(4)28(26)15-19-31(30,35-22(2)33)18-12-23-8-6-5-7-9-23/h5-9,24-28H,10-11,13-17,19-20H2,1-4H3/t24-,25-,26+,27-,28-,29-,30-,31+/m0/s1. The maximum Gasteiger partial charge on any atom is 0.304 e. The SMILES string of the molecule is CC(=O)O[C@H]1CC[C@@]2(C)[C@@H](CC[C@@H]3[C@@H]2CC[C@@]2(C)[C@H]3CC[C@@]2(C#Cc2ccccc2)OC(C)=O)C1. The second kappa shape index (κ2) is 8.99. The highest BCUT2D eigenvalue weighted by Gasteiger charge is 2.66. The van der Waals surface area contributed by atoms with E-state index in [4.69, 9.17) is 9.47 Å². The molecule has 0 aliphatic heterocycles. The van der Waals surface area contributed by atoms with Gasteiger partial charge in [0.15, 0.2) is 5.60 Å². The molecule has 4 saturated carbocycles. The largest absolute Gasteiger partial charge is 0.463 e. The van der Waals surface area contributed by atoms with Gasteiger partial charge in [0.05, 0.1) is 0 Å². The lowest BCUT2D eigenvalue weighted by Crippen LogP contribution is -2.57. The Kier molecular flexibility index (Phi) is 6.27. The molecule has 8 atom stereocenters. The molecular weight excluding hydrogens is 436 g/mol. The highest BCUT2D eigenvalue weighted by Crippen LogP contribution is 2.69. The van der Waals surface area contributed by atoms with Gasteiger partial charge in [0, 0.05) is 24.8 Å². The topological polar surface area (TPSA) is 52.6 Å². The van der Waals surface area contributed by atoms with Crippen molar-refractivity contribution in [2.75, 3.05) is 0 Å². The highest BCUT2D eigenvalue weighted by molar-refractivity contribution is 5.67. The predicted octanol–water partition coefficient (Wildman–Crippen LogP) is 6.31. The van der Waals surface area contributed by atoms with Gasteiger partial charge >= 0.3 is 11.9 Å². The number of fused-ring (bicyclic) bond motifs is 5. The molecule has 4 fully saturated rings. The fourth-order valence-electron chi connectivity index (χ4n) is 8.90. The second-order valence-corrected chi connectivity index (χ2v) is 12.2. The van der Waals surface area contributed by atoms with E-state index in [0.717, 1.165) is 44.1 Å². The van der Waals surface area contributed by atoms with Gasteiger partial charge in [-0.3, -0.25) is 9.59 Å². The molecule has 0 bridgehead atoms. The molecule has 0 spiro atoms. The Labute approximate surface area is 210 Å². The third kappa shape index (κ3) is 4.09. The minimum atomic E-state index is -0.713. The summed E-state index contributed by atoms with van der Waals surface area (Å²) in [6, 6.07) is 10.0. The molecule has 0 unspecified atom stereocenters. The quantitative estimate of drug-likeness (QED) is 0.370. The van der Waals surface area contributed by atoms with Crippen molar-refractivity contribution < 1.29 is 19.1 Å². The van der Waals surface area contributed by atoms with Gasteiger partial charge in [-0.05, 0) is 105 Å². The van der Waals surface area contributed by atoms with Crippen LogP contribution in [0.5, 0.6) is 0 Å². The molecule has 4 nitrogen and oxygen atoms in total. The Balaban J connectivity index is 1.42. The number of benzene rings is 1. The van der Waals surface area contributed by atoms with Gasteiger partial charge in [-0.2, -0.15) is 0 Å². The van der Waals surface area contributed by atoms with Crippen LogP contribution >= 0.6 is 0 Å². The van der Waals surface area contributed by atoms with Crippen molar-refractivity contribution in [1.82, 2.24) is 0 Å². The molecular formula is C31H40O4. The molecule has 0 amide bonds. The van der Waals surface area contributed by atoms with E-state index in [-0.39, 0.29) is 23.5 Å². The zero-order chi connectivity index (χ0) is 24.8. The summed E-state index contributed by atoms with van der Waals surface area (Å²) in [5.74, 6) is 9.01. The van der Waals surface area contributed by atoms with Crippen LogP contribution in [0.4, 0.5) is 0 Å². The van der Waals surface area contributed by atoms with E-state index in [2.05, 4.69) is 25.7 Å². The van der Waals surface area contributed by atoms with Gasteiger partial charge in [0.25, 0.3) is 0 Å². The number of esters is 2. The Morgan fingerprint density at radius 3 is 2.34 bits per heavy atom. The first-order valence-electron chi connectivity index (χ1n) is 13.6. The van der Waals surface area contributed by atoms with Gasteiger partial charge < -0.3 is 9.47 Å². The monoisotopic (exact) mass is 476 g/mol. The third-order valence-electron chi connectivity index (χ3n) is 10.6. The average Bonchev–Trinajstić information content (AvgIpc) is 3.10. The minimum absolute atomic E-state index is 0.0901. The third-order valence-corrected chi connectivity index (χ3v) is 10.6. The Morgan fingerprint density at radius 2 is 1.63 bits per heavy atom. The molecule has 35 heavy (non-hydrogen) atoms. The van der Waals surface area contributed by atoms with Crippen molar-refractivity contribution >= 4 is 11.9 Å². The van der Waals surface area contributed by atoms with E-state index >= 15 is 0 Å². The molecule has 188 valence electrons. The first-order valence-corrected chi connectivity index (χ1v) is 13.6. The van der Waals surface area contributed by atoms with Crippen LogP contribution in [-0.2, 0) is 19.1 Å². The van der Waals surface area contributed by atoms with E-state index in [1.54, 1.807) is 0 Å². The van der Waals surface area contributed by atoms with E-state index < -0.39 is 5.60 Å². The van der Waals surface area contributed by atoms with Gasteiger partial charge in [-0.15, -0.1) is 0 Å². The van der Waals surface area contributed by atoms with Crippen LogP contribution in [0.3, 0.4) is 0 Å². The van der Waals surface area contributed by atoms with Gasteiger partial charge in [-0.25, -0.2) is 0 Å². The molecule has 0 aromatic heterocycles. The van der Waals surface area contributed by atoms with Crippen LogP contribution < -0.4 is 0 Å². The number of carbonyl (C=O) groups excluding carboxylic acids is 2. The molecule has 5 rings (SSSR count). The summed E-state index contributed by atoms with van der Waals surface area (Å²) in [4.78, 5) is 23.9. The highest BCUT2D eigenvalue weighted by atomic mass is 16.6. The lowest BCUT2D eigenvalue weighted by atomic mass is 9.44. The summed E-state index contributed by atoms with van der Waals surface area (Å²) in [7, 11) is 0. The molecule has 4 aliphatic rings. The van der Waals surface area contributed by atoms with Crippen LogP contribution in [0.1, 0.15) is 91.0 Å². The first-order chi connectivity index (χ1) is 16.7. The zero-order valence-electron chi connectivity index (χ0n) is 21.8. The van der Waals surface area contributed by atoms with Crippen molar-refractivity contribution in [3.05, 3.63) is 35.9 Å². The van der Waals surface area contributed by atoms with E-state index in [0.29, 0.717) is 29.1 Å². The molecule has 0 N–H and O–H groups in total. The van der Waals surface area contributed by atoms with Crippen LogP contribution in [0.2, 0.25) is 0 Å². The molecule has 4 aliphatic carbocycles. The van der Waals surface area contributed by atoms with Crippen LogP contribution in [0.15, 0.2) is 30.3 Å². The van der Waals surface area contributed by atoms with Crippen LogP contribution in [-0.4, -0.2) is 23.6 Å². The van der Waals surface area contributed by atoms with Gasteiger partial charge in [0.2, 0.25) is 0 Å². The van der Waals surface area contributed by atoms with Crippen molar-refractivity contribution in [3.8, 4) is 11.8 Å². The molecule has 4 heteroatoms. The fraction of sp³-hybridized carbons (Fsp3) is 0.677. The lowest BCUT2D eigenvalue weighted by molar-refractivity contribution is -0.178. The molecule has 0 heterocycles. The number of carbonyl (C=O) groups is 2. The maximum absolute atomic E-state index is 12.3.